The van der Waals surface area contributed by atoms with Crippen LogP contribution in [0.15, 0.2) is 132 Å². The minimum atomic E-state index is -0.415. The molecule has 52 heavy (non-hydrogen) atoms. The van der Waals surface area contributed by atoms with Crippen LogP contribution in [0.1, 0.15) is 45.3 Å². The Labute approximate surface area is 307 Å². The molecule has 2 N–H and O–H groups in total. The van der Waals surface area contributed by atoms with Gasteiger partial charge in [0.2, 0.25) is 0 Å². The van der Waals surface area contributed by atoms with Gasteiger partial charge in [-0.2, -0.15) is 10.2 Å². The minimum Gasteiger partial charge on any atom is -0.281 e. The quantitative estimate of drug-likeness (QED) is 0.179. The van der Waals surface area contributed by atoms with Crippen molar-refractivity contribution in [3.63, 3.8) is 0 Å². The van der Waals surface area contributed by atoms with Gasteiger partial charge in [-0.1, -0.05) is 48.6 Å². The number of hydrogen-bond acceptors (Lipinski definition) is 10. The summed E-state index contributed by atoms with van der Waals surface area (Å²) in [7, 11) is 0. The number of pyridine rings is 4. The van der Waals surface area contributed by atoms with E-state index >= 15 is 0 Å². The number of fused-ring (bicyclic) bond motifs is 2. The third-order valence-electron chi connectivity index (χ3n) is 9.57. The summed E-state index contributed by atoms with van der Waals surface area (Å²) in [5.41, 5.74) is 13.9. The maximum absolute atomic E-state index is 4.65. The van der Waals surface area contributed by atoms with E-state index in [0.29, 0.717) is 0 Å². The molecule has 0 spiro atoms. The van der Waals surface area contributed by atoms with Crippen LogP contribution in [0.5, 0.6) is 0 Å². The highest BCUT2D eigenvalue weighted by molar-refractivity contribution is 7.13. The van der Waals surface area contributed by atoms with Crippen LogP contribution in [0, 0.1) is 0 Å². The average molecular weight is 715 g/mol. The number of aromatic amines is 2. The molecule has 0 saturated heterocycles. The lowest BCUT2D eigenvalue weighted by atomic mass is 9.72. The smallest absolute Gasteiger partial charge is 0.119 e. The SMILES string of the molecule is C1=CC(c2ccccn2)(c2ccccn2)Cc2[nH]nc(-c3cncs3)c21.C1=CC(c2ccccn2)(c2ccccn2)Cc2[nH]nc(-c3cscn3)c21. The Morgan fingerprint density at radius 2 is 1.06 bits per heavy atom. The lowest BCUT2D eigenvalue weighted by Crippen LogP contribution is -2.32. The van der Waals surface area contributed by atoms with Gasteiger partial charge < -0.3 is 0 Å². The Bertz CT molecular complexity index is 2200. The van der Waals surface area contributed by atoms with Gasteiger partial charge in [-0.25, -0.2) is 4.98 Å². The van der Waals surface area contributed by atoms with Gasteiger partial charge in [0, 0.05) is 71.7 Å². The number of nitrogens with one attached hydrogen (secondary N) is 2. The highest BCUT2D eigenvalue weighted by atomic mass is 32.1. The van der Waals surface area contributed by atoms with Crippen LogP contribution in [0.25, 0.3) is 34.1 Å². The van der Waals surface area contributed by atoms with E-state index in [1.165, 1.54) is 0 Å². The van der Waals surface area contributed by atoms with Crippen LogP contribution in [0.4, 0.5) is 0 Å². The zero-order chi connectivity index (χ0) is 34.8. The van der Waals surface area contributed by atoms with Crippen LogP contribution in [-0.2, 0) is 23.7 Å². The Hall–Kier alpha value is -6.24. The van der Waals surface area contributed by atoms with Crippen LogP contribution in [-0.4, -0.2) is 50.3 Å². The van der Waals surface area contributed by atoms with Gasteiger partial charge in [0.05, 0.1) is 49.5 Å². The fourth-order valence-corrected chi connectivity index (χ4v) is 8.21. The maximum Gasteiger partial charge on any atom is 0.119 e. The van der Waals surface area contributed by atoms with Crippen LogP contribution < -0.4 is 0 Å². The van der Waals surface area contributed by atoms with Crippen molar-refractivity contribution >= 4 is 34.8 Å². The van der Waals surface area contributed by atoms with E-state index in [1.807, 2.05) is 95.9 Å². The van der Waals surface area contributed by atoms with Gasteiger partial charge in [0.1, 0.15) is 17.1 Å². The van der Waals surface area contributed by atoms with Crippen LogP contribution in [0.2, 0.25) is 0 Å². The number of rotatable bonds is 6. The second kappa shape index (κ2) is 13.5. The van der Waals surface area contributed by atoms with Crippen molar-refractivity contribution in [1.82, 2.24) is 50.3 Å². The van der Waals surface area contributed by atoms with Gasteiger partial charge in [-0.05, 0) is 48.5 Å². The lowest BCUT2D eigenvalue weighted by molar-refractivity contribution is 0.582. The summed E-state index contributed by atoms with van der Waals surface area (Å²) in [6.07, 6.45) is 19.3. The first-order chi connectivity index (χ1) is 25.7. The highest BCUT2D eigenvalue weighted by Crippen LogP contribution is 2.43. The Morgan fingerprint density at radius 1 is 0.558 bits per heavy atom. The largest absolute Gasteiger partial charge is 0.281 e. The van der Waals surface area contributed by atoms with E-state index < -0.39 is 10.8 Å². The van der Waals surface area contributed by atoms with Gasteiger partial charge in [-0.15, -0.1) is 22.7 Å². The second-order valence-electron chi connectivity index (χ2n) is 12.5. The average Bonchev–Trinajstić information content (AvgIpc) is 4.07. The third-order valence-corrected chi connectivity index (χ3v) is 10.9. The Kier molecular flexibility index (Phi) is 8.22. The summed E-state index contributed by atoms with van der Waals surface area (Å²) in [4.78, 5) is 28.2. The second-order valence-corrected chi connectivity index (χ2v) is 14.1. The number of H-pyrrole nitrogens is 2. The molecule has 2 aliphatic carbocycles. The van der Waals surface area contributed by atoms with Gasteiger partial charge >= 0.3 is 0 Å². The molecule has 0 unspecified atom stereocenters. The van der Waals surface area contributed by atoms with Crippen LogP contribution >= 0.6 is 22.7 Å². The summed E-state index contributed by atoms with van der Waals surface area (Å²) in [5.74, 6) is 0. The number of hydrogen-bond donors (Lipinski definition) is 2. The Balaban J connectivity index is 0.000000138. The summed E-state index contributed by atoms with van der Waals surface area (Å²) < 4.78 is 0. The van der Waals surface area contributed by atoms with Gasteiger partial charge in [0.15, 0.2) is 0 Å². The van der Waals surface area contributed by atoms with E-state index in [4.69, 9.17) is 0 Å². The zero-order valence-electron chi connectivity index (χ0n) is 27.7. The molecule has 0 aliphatic heterocycles. The third kappa shape index (κ3) is 5.58. The highest BCUT2D eigenvalue weighted by Gasteiger charge is 2.40. The summed E-state index contributed by atoms with van der Waals surface area (Å²) in [6.45, 7) is 0. The molecule has 252 valence electrons. The standard InChI is InChI=1S/2C20H15N5S/c1-3-9-22-17(5-1)20(18-6-2-4-10-23-18)8-7-14-15(11-20)24-25-19(14)16-12-21-13-26-16;1-3-9-21-17(5-1)20(18-6-2-4-10-22-18)8-7-14-15(11-20)24-25-19(14)16-12-26-13-23-16/h2*1-10,12-13H,11H2,(H,24,25). The molecule has 0 saturated carbocycles. The van der Waals surface area contributed by atoms with Gasteiger partial charge in [-0.3, -0.25) is 35.1 Å². The first kappa shape index (κ1) is 31.7. The van der Waals surface area contributed by atoms with Crippen molar-refractivity contribution < 1.29 is 0 Å². The molecule has 8 aromatic heterocycles. The van der Waals surface area contributed by atoms with Gasteiger partial charge in [0.25, 0.3) is 0 Å². The molecular formula is C40H30N10S2. The molecule has 0 atom stereocenters. The van der Waals surface area contributed by atoms with E-state index in [0.717, 1.165) is 80.1 Å². The monoisotopic (exact) mass is 714 g/mol. The molecule has 0 bridgehead atoms. The molecule has 8 heterocycles. The molecule has 12 heteroatoms. The predicted octanol–water partition coefficient (Wildman–Crippen LogP) is 7.76. The van der Waals surface area contributed by atoms with Crippen molar-refractivity contribution in [2.75, 3.05) is 0 Å². The first-order valence-corrected chi connectivity index (χ1v) is 18.5. The molecule has 0 aromatic carbocycles. The van der Waals surface area contributed by atoms with Crippen molar-refractivity contribution in [3.8, 4) is 22.0 Å². The number of nitrogens with zero attached hydrogens (tertiary/aromatic N) is 8. The van der Waals surface area contributed by atoms with Crippen molar-refractivity contribution in [2.45, 2.75) is 23.7 Å². The number of aromatic nitrogens is 10. The number of allylic oxidation sites excluding steroid dienone is 2. The topological polar surface area (TPSA) is 135 Å². The molecular weight excluding hydrogens is 685 g/mol. The van der Waals surface area contributed by atoms with E-state index in [2.05, 4.69) is 98.9 Å². The summed E-state index contributed by atoms with van der Waals surface area (Å²) >= 11 is 3.17. The first-order valence-electron chi connectivity index (χ1n) is 16.7. The fraction of sp³-hybridized carbons (Fsp3) is 0.100. The van der Waals surface area contributed by atoms with Crippen molar-refractivity contribution in [3.05, 3.63) is 178 Å². The zero-order valence-corrected chi connectivity index (χ0v) is 29.3. The molecule has 0 radical (unpaired) electrons. The van der Waals surface area contributed by atoms with Crippen molar-refractivity contribution in [1.29, 1.82) is 0 Å². The fourth-order valence-electron chi connectivity index (χ4n) is 7.05. The molecule has 10 nitrogen and oxygen atoms in total. The molecule has 0 fully saturated rings. The molecule has 8 aromatic rings. The Morgan fingerprint density at radius 3 is 1.48 bits per heavy atom. The normalized spacial score (nSPS) is 14.9. The maximum atomic E-state index is 4.65. The summed E-state index contributed by atoms with van der Waals surface area (Å²) in [6, 6.07) is 24.1. The van der Waals surface area contributed by atoms with Crippen molar-refractivity contribution in [2.24, 2.45) is 0 Å². The van der Waals surface area contributed by atoms with E-state index in [9.17, 15) is 0 Å². The molecule has 2 aliphatic rings. The predicted molar refractivity (Wildman–Crippen MR) is 203 cm³/mol. The molecule has 10 rings (SSSR count). The van der Waals surface area contributed by atoms with E-state index in [-0.39, 0.29) is 0 Å². The molecule has 0 amide bonds. The minimum absolute atomic E-state index is 0.410. The lowest BCUT2D eigenvalue weighted by Gasteiger charge is -2.32. The van der Waals surface area contributed by atoms with E-state index in [1.54, 1.807) is 22.7 Å². The van der Waals surface area contributed by atoms with Crippen LogP contribution in [0.3, 0.4) is 0 Å². The summed E-state index contributed by atoms with van der Waals surface area (Å²) in [5, 5.41) is 17.5. The number of thiazole rings is 2.